The normalized spacial score (nSPS) is 13.9. The van der Waals surface area contributed by atoms with Crippen molar-refractivity contribution in [3.63, 3.8) is 0 Å². The van der Waals surface area contributed by atoms with Crippen LogP contribution in [-0.4, -0.2) is 11.5 Å². The van der Waals surface area contributed by atoms with Gasteiger partial charge in [-0.3, -0.25) is 4.79 Å². The summed E-state index contributed by atoms with van der Waals surface area (Å²) in [7, 11) is 0. The topological polar surface area (TPSA) is 44.9 Å². The van der Waals surface area contributed by atoms with Crippen LogP contribution in [0.1, 0.15) is 23.2 Å². The second-order valence-electron chi connectivity index (χ2n) is 3.57. The molecular weight excluding hydrogens is 188 g/mol. The summed E-state index contributed by atoms with van der Waals surface area (Å²) < 4.78 is 0. The standard InChI is InChI=1S/C12H14N2O/c1-3-8-10(4-2)14-12(15)9-6-5-7-13-11(8)9/h3-4,13H,1-2,5-7H2,(H,14,15). The maximum Gasteiger partial charge on any atom is 0.253 e. The van der Waals surface area contributed by atoms with Gasteiger partial charge in [-0.2, -0.15) is 0 Å². The van der Waals surface area contributed by atoms with Gasteiger partial charge in [-0.1, -0.05) is 19.2 Å². The highest BCUT2D eigenvalue weighted by Gasteiger charge is 2.16. The molecule has 0 fully saturated rings. The van der Waals surface area contributed by atoms with Crippen molar-refractivity contribution in [2.45, 2.75) is 12.8 Å². The molecule has 0 radical (unpaired) electrons. The zero-order valence-electron chi connectivity index (χ0n) is 8.60. The van der Waals surface area contributed by atoms with E-state index < -0.39 is 0 Å². The SMILES string of the molecule is C=Cc1[nH]c(=O)c2c(c1C=C)NCCC2. The number of pyridine rings is 1. The Balaban J connectivity index is 2.75. The molecule has 0 saturated heterocycles. The van der Waals surface area contributed by atoms with Crippen LogP contribution >= 0.6 is 0 Å². The molecule has 2 N–H and O–H groups in total. The summed E-state index contributed by atoms with van der Waals surface area (Å²) in [5.41, 5.74) is 3.43. The summed E-state index contributed by atoms with van der Waals surface area (Å²) in [4.78, 5) is 14.6. The van der Waals surface area contributed by atoms with Crippen molar-refractivity contribution in [1.29, 1.82) is 0 Å². The lowest BCUT2D eigenvalue weighted by Crippen LogP contribution is -2.24. The highest BCUT2D eigenvalue weighted by Crippen LogP contribution is 2.26. The van der Waals surface area contributed by atoms with Gasteiger partial charge in [0.25, 0.3) is 5.56 Å². The molecule has 15 heavy (non-hydrogen) atoms. The largest absolute Gasteiger partial charge is 0.384 e. The van der Waals surface area contributed by atoms with Crippen LogP contribution in [0.3, 0.4) is 0 Å². The second kappa shape index (κ2) is 3.77. The quantitative estimate of drug-likeness (QED) is 0.770. The van der Waals surface area contributed by atoms with Gasteiger partial charge in [0.2, 0.25) is 0 Å². The third-order valence-electron chi connectivity index (χ3n) is 2.70. The molecule has 0 atom stereocenters. The molecule has 1 aromatic rings. The lowest BCUT2D eigenvalue weighted by molar-refractivity contribution is 0.813. The molecule has 78 valence electrons. The van der Waals surface area contributed by atoms with E-state index in [0.717, 1.165) is 41.9 Å². The average molecular weight is 202 g/mol. The van der Waals surface area contributed by atoms with Crippen molar-refractivity contribution < 1.29 is 0 Å². The predicted octanol–water partition coefficient (Wildman–Crippen LogP) is 2.02. The fraction of sp³-hybridized carbons (Fsp3) is 0.250. The van der Waals surface area contributed by atoms with Crippen LogP contribution in [0.25, 0.3) is 12.2 Å². The first-order chi connectivity index (χ1) is 7.27. The van der Waals surface area contributed by atoms with Crippen molar-refractivity contribution >= 4 is 17.8 Å². The molecule has 2 rings (SSSR count). The molecule has 1 aliphatic rings. The molecule has 0 bridgehead atoms. The van der Waals surface area contributed by atoms with Gasteiger partial charge in [-0.05, 0) is 18.9 Å². The molecule has 3 nitrogen and oxygen atoms in total. The van der Waals surface area contributed by atoms with Crippen molar-refractivity contribution in [3.8, 4) is 0 Å². The minimum Gasteiger partial charge on any atom is -0.384 e. The molecule has 0 spiro atoms. The van der Waals surface area contributed by atoms with Crippen LogP contribution in [0.2, 0.25) is 0 Å². The van der Waals surface area contributed by atoms with Crippen LogP contribution in [-0.2, 0) is 6.42 Å². The summed E-state index contributed by atoms with van der Waals surface area (Å²) in [6.45, 7) is 8.36. The number of aromatic nitrogens is 1. The highest BCUT2D eigenvalue weighted by molar-refractivity contribution is 5.75. The second-order valence-corrected chi connectivity index (χ2v) is 3.57. The molecular formula is C12H14N2O. The van der Waals surface area contributed by atoms with Crippen molar-refractivity contribution in [2.24, 2.45) is 0 Å². The number of nitrogens with one attached hydrogen (secondary N) is 2. The van der Waals surface area contributed by atoms with Gasteiger partial charge in [0.1, 0.15) is 0 Å². The highest BCUT2D eigenvalue weighted by atomic mass is 16.1. The average Bonchev–Trinajstić information content (AvgIpc) is 2.29. The smallest absolute Gasteiger partial charge is 0.253 e. The fourth-order valence-electron chi connectivity index (χ4n) is 1.97. The van der Waals surface area contributed by atoms with E-state index in [1.807, 2.05) is 0 Å². The van der Waals surface area contributed by atoms with Crippen LogP contribution in [0, 0.1) is 0 Å². The third-order valence-corrected chi connectivity index (χ3v) is 2.70. The number of H-pyrrole nitrogens is 1. The van der Waals surface area contributed by atoms with Crippen molar-refractivity contribution in [3.05, 3.63) is 40.3 Å². The third kappa shape index (κ3) is 1.50. The van der Waals surface area contributed by atoms with Crippen LogP contribution in [0.15, 0.2) is 18.0 Å². The molecule has 0 unspecified atom stereocenters. The Kier molecular flexibility index (Phi) is 2.46. The zero-order valence-corrected chi connectivity index (χ0v) is 8.60. The first-order valence-electron chi connectivity index (χ1n) is 5.06. The Morgan fingerprint density at radius 3 is 2.73 bits per heavy atom. The molecule has 2 heterocycles. The van der Waals surface area contributed by atoms with E-state index in [0.29, 0.717) is 0 Å². The molecule has 0 saturated carbocycles. The van der Waals surface area contributed by atoms with Crippen LogP contribution < -0.4 is 10.9 Å². The summed E-state index contributed by atoms with van der Waals surface area (Å²) in [5, 5.41) is 3.26. The summed E-state index contributed by atoms with van der Waals surface area (Å²) >= 11 is 0. The fourth-order valence-corrected chi connectivity index (χ4v) is 1.97. The first-order valence-corrected chi connectivity index (χ1v) is 5.06. The number of hydrogen-bond donors (Lipinski definition) is 2. The lowest BCUT2D eigenvalue weighted by atomic mass is 10.00. The summed E-state index contributed by atoms with van der Waals surface area (Å²) in [6.07, 6.45) is 5.23. The lowest BCUT2D eigenvalue weighted by Gasteiger charge is -2.20. The van der Waals surface area contributed by atoms with E-state index in [2.05, 4.69) is 23.5 Å². The Morgan fingerprint density at radius 1 is 1.27 bits per heavy atom. The monoisotopic (exact) mass is 202 g/mol. The maximum atomic E-state index is 11.7. The Morgan fingerprint density at radius 2 is 2.07 bits per heavy atom. The molecule has 0 amide bonds. The molecule has 1 aliphatic heterocycles. The zero-order chi connectivity index (χ0) is 10.8. The predicted molar refractivity (Wildman–Crippen MR) is 64.1 cm³/mol. The number of anilines is 1. The molecule has 0 aromatic carbocycles. The van der Waals surface area contributed by atoms with Gasteiger partial charge < -0.3 is 10.3 Å². The van der Waals surface area contributed by atoms with E-state index in [1.54, 1.807) is 12.2 Å². The number of aromatic amines is 1. The van der Waals surface area contributed by atoms with Gasteiger partial charge in [-0.15, -0.1) is 0 Å². The summed E-state index contributed by atoms with van der Waals surface area (Å²) in [5.74, 6) is 0. The number of hydrogen-bond acceptors (Lipinski definition) is 2. The Bertz CT molecular complexity index is 471. The molecule has 3 heteroatoms. The maximum absolute atomic E-state index is 11.7. The van der Waals surface area contributed by atoms with E-state index >= 15 is 0 Å². The van der Waals surface area contributed by atoms with E-state index in [-0.39, 0.29) is 5.56 Å². The minimum absolute atomic E-state index is 0.0160. The molecule has 1 aromatic heterocycles. The van der Waals surface area contributed by atoms with E-state index in [1.165, 1.54) is 0 Å². The minimum atomic E-state index is -0.0160. The molecule has 0 aliphatic carbocycles. The summed E-state index contributed by atoms with van der Waals surface area (Å²) in [6, 6.07) is 0. The van der Waals surface area contributed by atoms with Gasteiger partial charge in [0.05, 0.1) is 5.69 Å². The van der Waals surface area contributed by atoms with Gasteiger partial charge in [-0.25, -0.2) is 0 Å². The van der Waals surface area contributed by atoms with Gasteiger partial charge >= 0.3 is 0 Å². The van der Waals surface area contributed by atoms with Crippen molar-refractivity contribution in [1.82, 2.24) is 4.98 Å². The Labute approximate surface area is 88.5 Å². The number of rotatable bonds is 2. The van der Waals surface area contributed by atoms with Crippen LogP contribution in [0.4, 0.5) is 5.69 Å². The first kappa shape index (κ1) is 9.77. The van der Waals surface area contributed by atoms with Crippen molar-refractivity contribution in [2.75, 3.05) is 11.9 Å². The van der Waals surface area contributed by atoms with Gasteiger partial charge in [0.15, 0.2) is 0 Å². The van der Waals surface area contributed by atoms with Gasteiger partial charge in [0, 0.05) is 23.4 Å². The van der Waals surface area contributed by atoms with E-state index in [4.69, 9.17) is 0 Å². The van der Waals surface area contributed by atoms with Crippen LogP contribution in [0.5, 0.6) is 0 Å². The number of fused-ring (bicyclic) bond motifs is 1. The van der Waals surface area contributed by atoms with E-state index in [9.17, 15) is 4.79 Å². The Hall–Kier alpha value is -1.77.